The second kappa shape index (κ2) is 7.43. The maximum Gasteiger partial charge on any atom is 0.248 e. The zero-order valence-corrected chi connectivity index (χ0v) is 13.8. The van der Waals surface area contributed by atoms with Gasteiger partial charge in [0.2, 0.25) is 11.8 Å². The minimum atomic E-state index is -0.643. The van der Waals surface area contributed by atoms with Crippen molar-refractivity contribution in [2.45, 2.75) is 19.4 Å². The maximum atomic E-state index is 13.0. The van der Waals surface area contributed by atoms with Gasteiger partial charge in [0.25, 0.3) is 0 Å². The summed E-state index contributed by atoms with van der Waals surface area (Å²) in [5.74, 6) is -0.423. The van der Waals surface area contributed by atoms with E-state index in [1.807, 2.05) is 0 Å². The smallest absolute Gasteiger partial charge is 0.248 e. The molecule has 2 N–H and O–H groups in total. The molecule has 1 aromatic carbocycles. The van der Waals surface area contributed by atoms with Crippen molar-refractivity contribution in [2.24, 2.45) is 0 Å². The highest BCUT2D eigenvalue weighted by atomic mass is 19.1. The fourth-order valence-electron chi connectivity index (χ4n) is 2.75. The first-order valence-corrected chi connectivity index (χ1v) is 8.02. The summed E-state index contributed by atoms with van der Waals surface area (Å²) in [6, 6.07) is 6.55. The molecular weight excluding hydrogens is 327 g/mol. The number of carbonyl (C=O) groups excluding carboxylic acids is 2. The first kappa shape index (κ1) is 17.1. The lowest BCUT2D eigenvalue weighted by molar-refractivity contribution is -0.139. The molecule has 2 amide bonds. The van der Waals surface area contributed by atoms with Crippen LogP contribution in [0.3, 0.4) is 0 Å². The molecular formula is C17H19FN4O3. The number of benzene rings is 1. The second-order valence-corrected chi connectivity index (χ2v) is 5.91. The fraction of sp³-hybridized carbons (Fsp3) is 0.353. The molecule has 132 valence electrons. The van der Waals surface area contributed by atoms with Gasteiger partial charge in [-0.25, -0.2) is 4.39 Å². The lowest BCUT2D eigenvalue weighted by Crippen LogP contribution is -2.58. The van der Waals surface area contributed by atoms with E-state index < -0.39 is 6.04 Å². The Morgan fingerprint density at radius 2 is 2.16 bits per heavy atom. The topological polar surface area (TPSA) is 87.5 Å². The van der Waals surface area contributed by atoms with Gasteiger partial charge in [-0.15, -0.1) is 0 Å². The maximum absolute atomic E-state index is 13.0. The zero-order chi connectivity index (χ0) is 17.8. The number of hydrogen-bond donors (Lipinski definition) is 2. The number of piperazine rings is 1. The van der Waals surface area contributed by atoms with E-state index in [9.17, 15) is 14.0 Å². The Morgan fingerprint density at radius 3 is 2.84 bits per heavy atom. The molecule has 0 spiro atoms. The average molecular weight is 346 g/mol. The van der Waals surface area contributed by atoms with Gasteiger partial charge in [-0.05, 0) is 31.2 Å². The molecule has 0 saturated carbocycles. The third-order valence-electron chi connectivity index (χ3n) is 3.98. The molecule has 1 saturated heterocycles. The second-order valence-electron chi connectivity index (χ2n) is 5.91. The summed E-state index contributed by atoms with van der Waals surface area (Å²) in [5, 5.41) is 9.59. The summed E-state index contributed by atoms with van der Waals surface area (Å²) in [7, 11) is 0. The zero-order valence-electron chi connectivity index (χ0n) is 13.8. The number of halogens is 1. The summed E-state index contributed by atoms with van der Waals surface area (Å²) in [6.45, 7) is 3.17. The van der Waals surface area contributed by atoms with E-state index in [-0.39, 0.29) is 24.1 Å². The van der Waals surface area contributed by atoms with Crippen LogP contribution in [0.1, 0.15) is 11.5 Å². The summed E-state index contributed by atoms with van der Waals surface area (Å²) < 4.78 is 18.0. The summed E-state index contributed by atoms with van der Waals surface area (Å²) in [4.78, 5) is 26.7. The van der Waals surface area contributed by atoms with Gasteiger partial charge in [-0.2, -0.15) is 0 Å². The Balaban J connectivity index is 1.68. The molecule has 8 heteroatoms. The van der Waals surface area contributed by atoms with Gasteiger partial charge in [0.05, 0.1) is 12.1 Å². The van der Waals surface area contributed by atoms with Crippen LogP contribution in [0.2, 0.25) is 0 Å². The molecule has 1 aromatic heterocycles. The van der Waals surface area contributed by atoms with Crippen LogP contribution in [0, 0.1) is 12.7 Å². The number of carbonyl (C=O) groups is 2. The number of nitrogens with one attached hydrogen (secondary N) is 2. The number of amides is 2. The summed E-state index contributed by atoms with van der Waals surface area (Å²) in [5.41, 5.74) is 1.18. The van der Waals surface area contributed by atoms with Gasteiger partial charge in [0.15, 0.2) is 0 Å². The predicted octanol–water partition coefficient (Wildman–Crippen LogP) is 1.10. The van der Waals surface area contributed by atoms with Crippen molar-refractivity contribution in [2.75, 3.05) is 25.0 Å². The molecule has 25 heavy (non-hydrogen) atoms. The highest BCUT2D eigenvalue weighted by Crippen LogP contribution is 2.13. The van der Waals surface area contributed by atoms with Gasteiger partial charge >= 0.3 is 0 Å². The Morgan fingerprint density at radius 1 is 1.40 bits per heavy atom. The van der Waals surface area contributed by atoms with Crippen molar-refractivity contribution in [1.29, 1.82) is 0 Å². The van der Waals surface area contributed by atoms with Crippen LogP contribution in [0.25, 0.3) is 0 Å². The lowest BCUT2D eigenvalue weighted by atomic mass is 10.1. The molecule has 3 rings (SSSR count). The van der Waals surface area contributed by atoms with Gasteiger partial charge in [-0.3, -0.25) is 9.59 Å². The predicted molar refractivity (Wildman–Crippen MR) is 88.3 cm³/mol. The van der Waals surface area contributed by atoms with Crippen molar-refractivity contribution in [3.63, 3.8) is 0 Å². The largest absolute Gasteiger partial charge is 0.361 e. The van der Waals surface area contributed by atoms with Crippen molar-refractivity contribution in [3.8, 4) is 0 Å². The molecule has 1 fully saturated rings. The van der Waals surface area contributed by atoms with E-state index in [0.717, 1.165) is 0 Å². The number of aromatic nitrogens is 1. The van der Waals surface area contributed by atoms with Crippen molar-refractivity contribution >= 4 is 17.5 Å². The Hall–Kier alpha value is -2.74. The Kier molecular flexibility index (Phi) is 5.08. The number of hydrogen-bond acceptors (Lipinski definition) is 5. The van der Waals surface area contributed by atoms with E-state index in [0.29, 0.717) is 36.8 Å². The van der Waals surface area contributed by atoms with E-state index in [4.69, 9.17) is 4.52 Å². The average Bonchev–Trinajstić information content (AvgIpc) is 3.01. The first-order chi connectivity index (χ1) is 12.0. The first-order valence-electron chi connectivity index (χ1n) is 8.02. The van der Waals surface area contributed by atoms with E-state index in [1.165, 1.54) is 29.2 Å². The Labute approximate surface area is 144 Å². The summed E-state index contributed by atoms with van der Waals surface area (Å²) in [6.07, 6.45) is 0.0567. The standard InChI is InChI=1S/C17H19FN4O3/c1-11-8-14(25-21-11)9-16(23)22-7-6-19-10-15(22)17(24)20-13-4-2-12(18)3-5-13/h2-5,8,15,19H,6-7,9-10H2,1H3,(H,20,24)/t15-/m0/s1. The molecule has 0 aliphatic carbocycles. The van der Waals surface area contributed by atoms with E-state index >= 15 is 0 Å². The minimum Gasteiger partial charge on any atom is -0.361 e. The van der Waals surface area contributed by atoms with Crippen molar-refractivity contribution < 1.29 is 18.5 Å². The number of anilines is 1. The molecule has 0 radical (unpaired) electrons. The third kappa shape index (κ3) is 4.21. The SMILES string of the molecule is Cc1cc(CC(=O)N2CCNC[C@H]2C(=O)Nc2ccc(F)cc2)on1. The van der Waals surface area contributed by atoms with Crippen LogP contribution in [-0.2, 0) is 16.0 Å². The third-order valence-corrected chi connectivity index (χ3v) is 3.98. The minimum absolute atomic E-state index is 0.0567. The molecule has 2 heterocycles. The van der Waals surface area contributed by atoms with Crippen LogP contribution >= 0.6 is 0 Å². The number of nitrogens with zero attached hydrogens (tertiary/aromatic N) is 2. The monoisotopic (exact) mass is 346 g/mol. The fourth-order valence-corrected chi connectivity index (χ4v) is 2.75. The summed E-state index contributed by atoms with van der Waals surface area (Å²) >= 11 is 0. The molecule has 0 bridgehead atoms. The van der Waals surface area contributed by atoms with E-state index in [1.54, 1.807) is 13.0 Å². The van der Waals surface area contributed by atoms with Crippen LogP contribution in [0.15, 0.2) is 34.9 Å². The number of aryl methyl sites for hydroxylation is 1. The highest BCUT2D eigenvalue weighted by Gasteiger charge is 2.32. The van der Waals surface area contributed by atoms with Crippen LogP contribution in [-0.4, -0.2) is 47.5 Å². The molecule has 2 aromatic rings. The Bertz CT molecular complexity index is 760. The van der Waals surface area contributed by atoms with Crippen LogP contribution < -0.4 is 10.6 Å². The molecule has 1 aliphatic heterocycles. The highest BCUT2D eigenvalue weighted by molar-refractivity contribution is 5.97. The van der Waals surface area contributed by atoms with Crippen LogP contribution in [0.4, 0.5) is 10.1 Å². The molecule has 1 atom stereocenters. The van der Waals surface area contributed by atoms with Gasteiger partial charge in [0.1, 0.15) is 17.6 Å². The van der Waals surface area contributed by atoms with Crippen molar-refractivity contribution in [1.82, 2.24) is 15.4 Å². The van der Waals surface area contributed by atoms with Crippen LogP contribution in [0.5, 0.6) is 0 Å². The van der Waals surface area contributed by atoms with Crippen molar-refractivity contribution in [3.05, 3.63) is 47.6 Å². The van der Waals surface area contributed by atoms with Gasteiger partial charge < -0.3 is 20.1 Å². The quantitative estimate of drug-likeness (QED) is 0.866. The van der Waals surface area contributed by atoms with E-state index in [2.05, 4.69) is 15.8 Å². The molecule has 1 aliphatic rings. The molecule has 0 unspecified atom stereocenters. The molecule has 7 nitrogen and oxygen atoms in total. The normalized spacial score (nSPS) is 17.4. The van der Waals surface area contributed by atoms with Gasteiger partial charge in [0, 0.05) is 31.4 Å². The lowest BCUT2D eigenvalue weighted by Gasteiger charge is -2.35. The van der Waals surface area contributed by atoms with Gasteiger partial charge in [-0.1, -0.05) is 5.16 Å². The number of rotatable bonds is 4.